The predicted molar refractivity (Wildman–Crippen MR) is 117 cm³/mol. The van der Waals surface area contributed by atoms with Crippen LogP contribution in [0.5, 0.6) is 5.75 Å². The maximum Gasteiger partial charge on any atom is 0.271 e. The molecule has 0 spiro atoms. The van der Waals surface area contributed by atoms with Gasteiger partial charge in [-0.3, -0.25) is 14.9 Å². The maximum absolute atomic E-state index is 12.5. The van der Waals surface area contributed by atoms with Crippen LogP contribution < -0.4 is 20.7 Å². The Labute approximate surface area is 186 Å². The molecule has 8 nitrogen and oxygen atoms in total. The number of carbonyl (C=O) groups excluding carboxylic acids is 1. The van der Waals surface area contributed by atoms with E-state index in [4.69, 9.17) is 51.8 Å². The number of nitrogens with zero attached hydrogens (tertiary/aromatic N) is 1. The van der Waals surface area contributed by atoms with Crippen molar-refractivity contribution < 1.29 is 14.5 Å². The normalized spacial score (nSPS) is 11.9. The van der Waals surface area contributed by atoms with Gasteiger partial charge >= 0.3 is 0 Å². The summed E-state index contributed by atoms with van der Waals surface area (Å²) < 4.78 is 3.13. The van der Waals surface area contributed by atoms with Crippen LogP contribution in [-0.4, -0.2) is 33.0 Å². The van der Waals surface area contributed by atoms with Crippen LogP contribution in [0.1, 0.15) is 10.4 Å². The van der Waals surface area contributed by atoms with E-state index in [1.165, 1.54) is 31.4 Å². The summed E-state index contributed by atoms with van der Waals surface area (Å²) in [5.74, 6) is -0.0511. The summed E-state index contributed by atoms with van der Waals surface area (Å²) in [5.41, 5.74) is 0.504. The van der Waals surface area contributed by atoms with Crippen LogP contribution in [0.2, 0.25) is 0 Å². The molecule has 154 valence electrons. The maximum atomic E-state index is 12.5. The zero-order valence-corrected chi connectivity index (χ0v) is 17.9. The fourth-order valence-electron chi connectivity index (χ4n) is 2.17. The molecule has 2 aromatic rings. The average molecular weight is 478 g/mol. The van der Waals surface area contributed by atoms with E-state index in [0.29, 0.717) is 11.4 Å². The number of methoxy groups -OCH3 is 1. The fraction of sp³-hybridized carbons (Fsp3) is 0.176. The van der Waals surface area contributed by atoms with Crippen molar-refractivity contribution in [2.24, 2.45) is 0 Å². The van der Waals surface area contributed by atoms with E-state index in [1.807, 2.05) is 0 Å². The Kier molecular flexibility index (Phi) is 7.86. The predicted octanol–water partition coefficient (Wildman–Crippen LogP) is 4.02. The van der Waals surface area contributed by atoms with Crippen LogP contribution >= 0.6 is 47.0 Å². The van der Waals surface area contributed by atoms with Crippen molar-refractivity contribution >= 4 is 69.4 Å². The number of benzene rings is 2. The van der Waals surface area contributed by atoms with Crippen molar-refractivity contribution in [2.75, 3.05) is 12.4 Å². The second kappa shape index (κ2) is 9.93. The van der Waals surface area contributed by atoms with Crippen LogP contribution in [0.25, 0.3) is 0 Å². The largest absolute Gasteiger partial charge is 0.497 e. The van der Waals surface area contributed by atoms with Crippen molar-refractivity contribution in [3.05, 3.63) is 64.2 Å². The second-order valence-corrected chi connectivity index (χ2v) is 8.36. The van der Waals surface area contributed by atoms with Crippen molar-refractivity contribution in [1.82, 2.24) is 10.6 Å². The number of hydrogen-bond donors (Lipinski definition) is 3. The number of ether oxygens (including phenoxy) is 1. The lowest BCUT2D eigenvalue weighted by atomic mass is 10.2. The number of alkyl halides is 3. The second-order valence-electron chi connectivity index (χ2n) is 5.59. The molecule has 1 atom stereocenters. The van der Waals surface area contributed by atoms with Crippen molar-refractivity contribution in [1.29, 1.82) is 0 Å². The lowest BCUT2D eigenvalue weighted by Crippen LogP contribution is -2.56. The van der Waals surface area contributed by atoms with Gasteiger partial charge in [-0.2, -0.15) is 0 Å². The lowest BCUT2D eigenvalue weighted by Gasteiger charge is -2.27. The number of amides is 1. The SMILES string of the molecule is COc1cccc(C(=O)N[C@@H](NC(=S)Nc2cccc([N+](=O)[O-])c2)C(Cl)(Cl)Cl)c1. The monoisotopic (exact) mass is 476 g/mol. The first-order valence-corrected chi connectivity index (χ1v) is 9.48. The molecule has 0 bridgehead atoms. The quantitative estimate of drug-likeness (QED) is 0.190. The van der Waals surface area contributed by atoms with Crippen LogP contribution in [0.3, 0.4) is 0 Å². The minimum absolute atomic E-state index is 0.0206. The van der Waals surface area contributed by atoms with Gasteiger partial charge in [0.25, 0.3) is 11.6 Å². The fourth-order valence-corrected chi connectivity index (χ4v) is 2.74. The van der Waals surface area contributed by atoms with E-state index in [2.05, 4.69) is 16.0 Å². The van der Waals surface area contributed by atoms with E-state index < -0.39 is 20.8 Å². The highest BCUT2D eigenvalue weighted by atomic mass is 35.6. The number of nitro benzene ring substituents is 1. The number of rotatable bonds is 6. The smallest absolute Gasteiger partial charge is 0.271 e. The van der Waals surface area contributed by atoms with E-state index in [1.54, 1.807) is 24.3 Å². The summed E-state index contributed by atoms with van der Waals surface area (Å²) >= 11 is 23.0. The first-order chi connectivity index (χ1) is 13.6. The van der Waals surface area contributed by atoms with Crippen LogP contribution in [0.4, 0.5) is 11.4 Å². The van der Waals surface area contributed by atoms with Crippen LogP contribution in [-0.2, 0) is 0 Å². The van der Waals surface area contributed by atoms with Crippen LogP contribution in [0, 0.1) is 10.1 Å². The number of nitro groups is 1. The number of anilines is 1. The van der Waals surface area contributed by atoms with E-state index in [0.717, 1.165) is 0 Å². The Morgan fingerprint density at radius 2 is 1.86 bits per heavy atom. The molecule has 2 aromatic carbocycles. The van der Waals surface area contributed by atoms with Gasteiger partial charge < -0.3 is 20.7 Å². The molecule has 1 amide bonds. The minimum Gasteiger partial charge on any atom is -0.497 e. The molecule has 29 heavy (non-hydrogen) atoms. The zero-order chi connectivity index (χ0) is 21.6. The highest BCUT2D eigenvalue weighted by Gasteiger charge is 2.35. The molecule has 0 radical (unpaired) electrons. The minimum atomic E-state index is -1.96. The third kappa shape index (κ3) is 6.90. The molecule has 12 heteroatoms. The number of nitrogens with one attached hydrogen (secondary N) is 3. The summed E-state index contributed by atoms with van der Waals surface area (Å²) in [6, 6.07) is 12.1. The summed E-state index contributed by atoms with van der Waals surface area (Å²) in [4.78, 5) is 22.8. The van der Waals surface area contributed by atoms with Gasteiger partial charge in [-0.1, -0.05) is 46.9 Å². The topological polar surface area (TPSA) is 106 Å². The molecule has 2 rings (SSSR count). The number of non-ortho nitro benzene ring substituents is 1. The number of thiocarbonyl (C=S) groups is 1. The number of halogens is 3. The van der Waals surface area contributed by atoms with Crippen LogP contribution in [0.15, 0.2) is 48.5 Å². The Hall–Kier alpha value is -2.33. The van der Waals surface area contributed by atoms with Gasteiger partial charge in [0.05, 0.1) is 12.0 Å². The molecule has 0 aliphatic heterocycles. The van der Waals surface area contributed by atoms with E-state index in [-0.39, 0.29) is 16.4 Å². The van der Waals surface area contributed by atoms with Gasteiger partial charge in [0, 0.05) is 23.4 Å². The molecule has 3 N–H and O–H groups in total. The summed E-state index contributed by atoms with van der Waals surface area (Å²) in [5, 5.41) is 18.8. The van der Waals surface area contributed by atoms with Crippen molar-refractivity contribution in [3.63, 3.8) is 0 Å². The molecule has 0 aromatic heterocycles. The first kappa shape index (κ1) is 23.0. The average Bonchev–Trinajstić information content (AvgIpc) is 2.66. The number of carbonyl (C=O) groups is 1. The zero-order valence-electron chi connectivity index (χ0n) is 14.8. The highest BCUT2D eigenvalue weighted by Crippen LogP contribution is 2.29. The molecule has 0 aliphatic rings. The Balaban J connectivity index is 2.10. The highest BCUT2D eigenvalue weighted by molar-refractivity contribution is 7.80. The molecule has 0 fully saturated rings. The lowest BCUT2D eigenvalue weighted by molar-refractivity contribution is -0.384. The number of hydrogen-bond acceptors (Lipinski definition) is 5. The Morgan fingerprint density at radius 1 is 1.17 bits per heavy atom. The molecular weight excluding hydrogens is 463 g/mol. The third-order valence-electron chi connectivity index (χ3n) is 3.52. The first-order valence-electron chi connectivity index (χ1n) is 7.94. The van der Waals surface area contributed by atoms with Gasteiger partial charge in [-0.05, 0) is 36.5 Å². The van der Waals surface area contributed by atoms with Gasteiger partial charge in [0.1, 0.15) is 11.9 Å². The Bertz CT molecular complexity index is 924. The van der Waals surface area contributed by atoms with Gasteiger partial charge in [-0.15, -0.1) is 0 Å². The standard InChI is InChI=1S/C17H15Cl3N4O4S/c1-28-13-7-2-4-10(8-13)14(25)22-15(17(18,19)20)23-16(29)21-11-5-3-6-12(9-11)24(26)27/h2-9,15H,1H3,(H,22,25)(H2,21,23,29)/t15-/m0/s1. The van der Waals surface area contributed by atoms with Gasteiger partial charge in [-0.25, -0.2) is 0 Å². The molecule has 0 heterocycles. The summed E-state index contributed by atoms with van der Waals surface area (Å²) in [6.07, 6.45) is -1.20. The van der Waals surface area contributed by atoms with E-state index >= 15 is 0 Å². The molecule has 0 aliphatic carbocycles. The summed E-state index contributed by atoms with van der Waals surface area (Å²) in [6.45, 7) is 0. The van der Waals surface area contributed by atoms with E-state index in [9.17, 15) is 14.9 Å². The Morgan fingerprint density at radius 3 is 2.48 bits per heavy atom. The molecule has 0 saturated carbocycles. The van der Waals surface area contributed by atoms with Gasteiger partial charge in [0.15, 0.2) is 5.11 Å². The molecule has 0 unspecified atom stereocenters. The third-order valence-corrected chi connectivity index (χ3v) is 4.40. The summed E-state index contributed by atoms with van der Waals surface area (Å²) in [7, 11) is 1.47. The van der Waals surface area contributed by atoms with Crippen molar-refractivity contribution in [2.45, 2.75) is 9.96 Å². The van der Waals surface area contributed by atoms with Gasteiger partial charge in [0.2, 0.25) is 3.79 Å². The molecular formula is C17H15Cl3N4O4S. The molecule has 0 saturated heterocycles. The van der Waals surface area contributed by atoms with Crippen molar-refractivity contribution in [3.8, 4) is 5.75 Å².